The van der Waals surface area contributed by atoms with Gasteiger partial charge in [0, 0.05) is 0 Å². The molecule has 0 heteroatoms. The third-order valence-corrected chi connectivity index (χ3v) is 4.25. The van der Waals surface area contributed by atoms with Crippen LogP contribution in [-0.2, 0) is 12.8 Å². The lowest BCUT2D eigenvalue weighted by Crippen LogP contribution is -2.15. The quantitative estimate of drug-likeness (QED) is 0.665. The van der Waals surface area contributed by atoms with Crippen molar-refractivity contribution in [3.63, 3.8) is 0 Å². The first-order chi connectivity index (χ1) is 7.69. The van der Waals surface area contributed by atoms with Gasteiger partial charge in [0.2, 0.25) is 0 Å². The maximum Gasteiger partial charge on any atom is -0.0185 e. The molecule has 0 radical (unpaired) electrons. The van der Waals surface area contributed by atoms with E-state index in [9.17, 15) is 0 Å². The van der Waals surface area contributed by atoms with Crippen molar-refractivity contribution in [3.05, 3.63) is 34.4 Å². The van der Waals surface area contributed by atoms with Gasteiger partial charge in [0.05, 0.1) is 0 Å². The molecule has 0 saturated carbocycles. The predicted octanol–water partition coefficient (Wildman–Crippen LogP) is 4.81. The largest absolute Gasteiger partial charge is 0.0613 e. The van der Waals surface area contributed by atoms with Crippen LogP contribution in [0.4, 0.5) is 0 Å². The second-order valence-corrected chi connectivity index (χ2v) is 5.30. The zero-order valence-corrected chi connectivity index (χ0v) is 11.1. The van der Waals surface area contributed by atoms with Gasteiger partial charge in [-0.2, -0.15) is 0 Å². The number of hydrogen-bond acceptors (Lipinski definition) is 0. The molecule has 0 heterocycles. The van der Waals surface area contributed by atoms with Crippen molar-refractivity contribution in [2.24, 2.45) is 0 Å². The minimum absolute atomic E-state index is 0.771. The van der Waals surface area contributed by atoms with E-state index in [1.807, 2.05) is 0 Å². The van der Waals surface area contributed by atoms with Crippen molar-refractivity contribution in [2.75, 3.05) is 0 Å². The van der Waals surface area contributed by atoms with E-state index in [2.05, 4.69) is 39.8 Å². The standard InChI is InChI=1S/C16H24/c1-5-13-9-10-14(6-2)16-12(4)8-7-11(3)15(13)16/h9-12H,5-8H2,1-4H3. The lowest BCUT2D eigenvalue weighted by Gasteiger charge is -2.32. The van der Waals surface area contributed by atoms with Gasteiger partial charge in [-0.3, -0.25) is 0 Å². The van der Waals surface area contributed by atoms with Crippen molar-refractivity contribution in [3.8, 4) is 0 Å². The summed E-state index contributed by atoms with van der Waals surface area (Å²) in [7, 11) is 0. The van der Waals surface area contributed by atoms with Gasteiger partial charge < -0.3 is 0 Å². The van der Waals surface area contributed by atoms with Gasteiger partial charge in [-0.25, -0.2) is 0 Å². The highest BCUT2D eigenvalue weighted by atomic mass is 14.3. The van der Waals surface area contributed by atoms with Crippen molar-refractivity contribution >= 4 is 0 Å². The molecular formula is C16H24. The number of benzene rings is 1. The molecule has 0 amide bonds. The smallest absolute Gasteiger partial charge is 0.0185 e. The zero-order valence-electron chi connectivity index (χ0n) is 11.1. The van der Waals surface area contributed by atoms with E-state index in [1.165, 1.54) is 25.7 Å². The summed E-state index contributed by atoms with van der Waals surface area (Å²) in [4.78, 5) is 0. The van der Waals surface area contributed by atoms with Crippen LogP contribution in [0.2, 0.25) is 0 Å². The molecule has 0 fully saturated rings. The average molecular weight is 216 g/mol. The summed E-state index contributed by atoms with van der Waals surface area (Å²) in [6.07, 6.45) is 5.11. The Kier molecular flexibility index (Phi) is 3.37. The Morgan fingerprint density at radius 1 is 0.875 bits per heavy atom. The van der Waals surface area contributed by atoms with Gasteiger partial charge >= 0.3 is 0 Å². The molecule has 2 rings (SSSR count). The van der Waals surface area contributed by atoms with Crippen LogP contribution in [-0.4, -0.2) is 0 Å². The molecule has 0 N–H and O–H groups in total. The highest BCUT2D eigenvalue weighted by molar-refractivity contribution is 5.46. The summed E-state index contributed by atoms with van der Waals surface area (Å²) in [5.41, 5.74) is 6.57. The molecule has 0 bridgehead atoms. The van der Waals surface area contributed by atoms with Gasteiger partial charge in [-0.1, -0.05) is 39.8 Å². The van der Waals surface area contributed by atoms with Gasteiger partial charge in [-0.05, 0) is 59.8 Å². The van der Waals surface area contributed by atoms with E-state index in [-0.39, 0.29) is 0 Å². The Hall–Kier alpha value is -0.780. The van der Waals surface area contributed by atoms with Crippen molar-refractivity contribution < 1.29 is 0 Å². The van der Waals surface area contributed by atoms with Crippen molar-refractivity contribution in [1.82, 2.24) is 0 Å². The Labute approximate surface area is 100 Å². The fourth-order valence-corrected chi connectivity index (χ4v) is 3.30. The van der Waals surface area contributed by atoms with Crippen LogP contribution in [0.25, 0.3) is 0 Å². The molecule has 0 nitrogen and oxygen atoms in total. The van der Waals surface area contributed by atoms with E-state index in [0.717, 1.165) is 11.8 Å². The van der Waals surface area contributed by atoms with Crippen LogP contribution in [0.3, 0.4) is 0 Å². The number of aryl methyl sites for hydroxylation is 2. The minimum Gasteiger partial charge on any atom is -0.0613 e. The van der Waals surface area contributed by atoms with Crippen molar-refractivity contribution in [1.29, 1.82) is 0 Å². The molecule has 0 saturated heterocycles. The van der Waals surface area contributed by atoms with Gasteiger partial charge in [0.15, 0.2) is 0 Å². The average Bonchev–Trinajstić information content (AvgIpc) is 2.32. The maximum absolute atomic E-state index is 2.41. The fourth-order valence-electron chi connectivity index (χ4n) is 3.30. The fraction of sp³-hybridized carbons (Fsp3) is 0.625. The first kappa shape index (κ1) is 11.7. The molecule has 16 heavy (non-hydrogen) atoms. The Morgan fingerprint density at radius 2 is 1.25 bits per heavy atom. The molecule has 88 valence electrons. The molecule has 2 atom stereocenters. The van der Waals surface area contributed by atoms with Crippen molar-refractivity contribution in [2.45, 2.75) is 65.2 Å². The van der Waals surface area contributed by atoms with Crippen LogP contribution in [0.5, 0.6) is 0 Å². The lowest BCUT2D eigenvalue weighted by atomic mass is 9.73. The Bertz CT molecular complexity index is 339. The molecular weight excluding hydrogens is 192 g/mol. The molecule has 1 aromatic carbocycles. The molecule has 1 aromatic rings. The first-order valence-electron chi connectivity index (χ1n) is 6.83. The molecule has 0 aliphatic heterocycles. The predicted molar refractivity (Wildman–Crippen MR) is 71.3 cm³/mol. The van der Waals surface area contributed by atoms with E-state index < -0.39 is 0 Å². The Morgan fingerprint density at radius 3 is 1.56 bits per heavy atom. The summed E-state index contributed by atoms with van der Waals surface area (Å²) in [6, 6.07) is 4.73. The number of hydrogen-bond donors (Lipinski definition) is 0. The highest BCUT2D eigenvalue weighted by Gasteiger charge is 2.25. The Balaban J connectivity index is 2.63. The maximum atomic E-state index is 2.41. The van der Waals surface area contributed by atoms with Crippen LogP contribution >= 0.6 is 0 Å². The number of rotatable bonds is 2. The number of fused-ring (bicyclic) bond motifs is 1. The lowest BCUT2D eigenvalue weighted by molar-refractivity contribution is 0.519. The van der Waals surface area contributed by atoms with E-state index in [0.29, 0.717) is 0 Å². The van der Waals surface area contributed by atoms with E-state index in [4.69, 9.17) is 0 Å². The summed E-state index contributed by atoms with van der Waals surface area (Å²) < 4.78 is 0. The molecule has 0 spiro atoms. The normalized spacial score (nSPS) is 24.2. The summed E-state index contributed by atoms with van der Waals surface area (Å²) in [5, 5.41) is 0. The first-order valence-corrected chi connectivity index (χ1v) is 6.83. The van der Waals surface area contributed by atoms with Crippen LogP contribution in [0, 0.1) is 0 Å². The monoisotopic (exact) mass is 216 g/mol. The molecule has 1 aliphatic rings. The molecule has 1 aliphatic carbocycles. The second-order valence-electron chi connectivity index (χ2n) is 5.30. The van der Waals surface area contributed by atoms with Crippen LogP contribution in [0.1, 0.15) is 74.6 Å². The zero-order chi connectivity index (χ0) is 11.7. The van der Waals surface area contributed by atoms with Gasteiger partial charge in [0.25, 0.3) is 0 Å². The molecule has 2 unspecified atom stereocenters. The third kappa shape index (κ3) is 1.79. The third-order valence-electron chi connectivity index (χ3n) is 4.25. The van der Waals surface area contributed by atoms with Crippen LogP contribution < -0.4 is 0 Å². The van der Waals surface area contributed by atoms with E-state index >= 15 is 0 Å². The summed E-state index contributed by atoms with van der Waals surface area (Å²) >= 11 is 0. The van der Waals surface area contributed by atoms with Gasteiger partial charge in [-0.15, -0.1) is 0 Å². The topological polar surface area (TPSA) is 0 Å². The minimum atomic E-state index is 0.771. The van der Waals surface area contributed by atoms with Gasteiger partial charge in [0.1, 0.15) is 0 Å². The van der Waals surface area contributed by atoms with Crippen LogP contribution in [0.15, 0.2) is 12.1 Å². The summed E-state index contributed by atoms with van der Waals surface area (Å²) in [5.74, 6) is 1.54. The van der Waals surface area contributed by atoms with E-state index in [1.54, 1.807) is 22.3 Å². The second kappa shape index (κ2) is 4.61. The molecule has 0 aromatic heterocycles. The SMILES string of the molecule is CCc1ccc(CC)c2c1C(C)CCC2C. The highest BCUT2D eigenvalue weighted by Crippen LogP contribution is 2.42. The summed E-state index contributed by atoms with van der Waals surface area (Å²) in [6.45, 7) is 9.38.